The predicted octanol–water partition coefficient (Wildman–Crippen LogP) is 2.77. The molecule has 1 saturated heterocycles. The highest BCUT2D eigenvalue weighted by Gasteiger charge is 2.36. The highest BCUT2D eigenvalue weighted by Crippen LogP contribution is 2.26. The highest BCUT2D eigenvalue weighted by atomic mass is 19.1. The van der Waals surface area contributed by atoms with Crippen LogP contribution in [0.2, 0.25) is 0 Å². The first-order chi connectivity index (χ1) is 8.00. The van der Waals surface area contributed by atoms with Crippen molar-refractivity contribution in [2.75, 3.05) is 6.54 Å². The Morgan fingerprint density at radius 1 is 1.41 bits per heavy atom. The SMILES string of the molecule is CC1(C)C(=O)CCCN1Cc1cccc(F)c1. The van der Waals surface area contributed by atoms with Gasteiger partial charge in [-0.1, -0.05) is 12.1 Å². The average molecular weight is 235 g/mol. The Morgan fingerprint density at radius 2 is 2.18 bits per heavy atom. The van der Waals surface area contributed by atoms with Crippen LogP contribution < -0.4 is 0 Å². The fraction of sp³-hybridized carbons (Fsp3) is 0.500. The number of hydrogen-bond acceptors (Lipinski definition) is 2. The number of benzene rings is 1. The minimum atomic E-state index is -0.426. The van der Waals surface area contributed by atoms with Gasteiger partial charge < -0.3 is 0 Å². The van der Waals surface area contributed by atoms with Gasteiger partial charge in [-0.3, -0.25) is 9.69 Å². The van der Waals surface area contributed by atoms with Crippen molar-refractivity contribution >= 4 is 5.78 Å². The highest BCUT2D eigenvalue weighted by molar-refractivity contribution is 5.88. The Morgan fingerprint density at radius 3 is 2.88 bits per heavy atom. The van der Waals surface area contributed by atoms with Gasteiger partial charge in [0.15, 0.2) is 5.78 Å². The van der Waals surface area contributed by atoms with Crippen molar-refractivity contribution in [3.05, 3.63) is 35.6 Å². The number of carbonyl (C=O) groups excluding carboxylic acids is 1. The Labute approximate surface area is 101 Å². The van der Waals surface area contributed by atoms with Crippen LogP contribution in [0.3, 0.4) is 0 Å². The summed E-state index contributed by atoms with van der Waals surface area (Å²) in [7, 11) is 0. The fourth-order valence-electron chi connectivity index (χ4n) is 2.32. The van der Waals surface area contributed by atoms with Gasteiger partial charge in [0.1, 0.15) is 5.82 Å². The second-order valence-electron chi connectivity index (χ2n) is 5.14. The van der Waals surface area contributed by atoms with E-state index in [4.69, 9.17) is 0 Å². The van der Waals surface area contributed by atoms with E-state index in [1.165, 1.54) is 12.1 Å². The van der Waals surface area contributed by atoms with Crippen molar-refractivity contribution in [1.29, 1.82) is 0 Å². The molecule has 1 aliphatic rings. The maximum absolute atomic E-state index is 13.1. The molecule has 0 aliphatic carbocycles. The Bertz CT molecular complexity index is 428. The Balaban J connectivity index is 2.15. The Kier molecular flexibility index (Phi) is 3.29. The monoisotopic (exact) mass is 235 g/mol. The molecule has 0 atom stereocenters. The third-order valence-electron chi connectivity index (χ3n) is 3.57. The topological polar surface area (TPSA) is 20.3 Å². The number of nitrogens with zero attached hydrogens (tertiary/aromatic N) is 1. The quantitative estimate of drug-likeness (QED) is 0.785. The van der Waals surface area contributed by atoms with Gasteiger partial charge >= 0.3 is 0 Å². The molecule has 0 amide bonds. The number of hydrogen-bond donors (Lipinski definition) is 0. The largest absolute Gasteiger partial charge is 0.298 e. The summed E-state index contributed by atoms with van der Waals surface area (Å²) in [5.41, 5.74) is 0.498. The van der Waals surface area contributed by atoms with Crippen LogP contribution in [0.4, 0.5) is 4.39 Å². The number of rotatable bonds is 2. The molecule has 0 radical (unpaired) electrons. The van der Waals surface area contributed by atoms with Crippen LogP contribution in [-0.4, -0.2) is 22.8 Å². The molecule has 1 heterocycles. The summed E-state index contributed by atoms with van der Waals surface area (Å²) in [5, 5.41) is 0. The molecule has 17 heavy (non-hydrogen) atoms. The van der Waals surface area contributed by atoms with Crippen LogP contribution in [-0.2, 0) is 11.3 Å². The number of carbonyl (C=O) groups is 1. The number of likely N-dealkylation sites (tertiary alicyclic amines) is 1. The van der Waals surface area contributed by atoms with E-state index in [1.54, 1.807) is 6.07 Å². The van der Waals surface area contributed by atoms with Crippen LogP contribution >= 0.6 is 0 Å². The van der Waals surface area contributed by atoms with E-state index in [2.05, 4.69) is 4.90 Å². The van der Waals surface area contributed by atoms with Crippen molar-refractivity contribution < 1.29 is 9.18 Å². The molecule has 0 spiro atoms. The predicted molar refractivity (Wildman–Crippen MR) is 65.1 cm³/mol. The van der Waals surface area contributed by atoms with Gasteiger partial charge in [-0.15, -0.1) is 0 Å². The summed E-state index contributed by atoms with van der Waals surface area (Å²) in [6.45, 7) is 5.44. The van der Waals surface area contributed by atoms with Crippen molar-refractivity contribution in [3.8, 4) is 0 Å². The summed E-state index contributed by atoms with van der Waals surface area (Å²) in [4.78, 5) is 14.0. The smallest absolute Gasteiger partial charge is 0.152 e. The maximum Gasteiger partial charge on any atom is 0.152 e. The van der Waals surface area contributed by atoms with Crippen LogP contribution in [0.25, 0.3) is 0 Å². The summed E-state index contributed by atoms with van der Waals surface area (Å²) < 4.78 is 13.1. The van der Waals surface area contributed by atoms with Crippen molar-refractivity contribution in [2.45, 2.75) is 38.8 Å². The number of piperidine rings is 1. The first-order valence-electron chi connectivity index (χ1n) is 6.03. The van der Waals surface area contributed by atoms with Crippen LogP contribution in [0, 0.1) is 5.82 Å². The molecule has 1 aromatic carbocycles. The fourth-order valence-corrected chi connectivity index (χ4v) is 2.32. The minimum Gasteiger partial charge on any atom is -0.298 e. The number of Topliss-reactive ketones (excluding diaryl/α,β-unsaturated/α-hetero) is 1. The molecule has 0 unspecified atom stereocenters. The molecule has 92 valence electrons. The molecule has 1 aromatic rings. The van der Waals surface area contributed by atoms with Crippen LogP contribution in [0.5, 0.6) is 0 Å². The standard InChI is InChI=1S/C14H18FNO/c1-14(2)13(17)7-4-8-16(14)10-11-5-3-6-12(15)9-11/h3,5-6,9H,4,7-8,10H2,1-2H3. The molecular formula is C14H18FNO. The summed E-state index contributed by atoms with van der Waals surface area (Å²) in [5.74, 6) is 0.0591. The molecule has 2 rings (SSSR count). The van der Waals surface area contributed by atoms with Crippen molar-refractivity contribution in [3.63, 3.8) is 0 Å². The first kappa shape index (κ1) is 12.2. The third-order valence-corrected chi connectivity index (χ3v) is 3.57. The van der Waals surface area contributed by atoms with Crippen LogP contribution in [0.15, 0.2) is 24.3 Å². The molecular weight excluding hydrogens is 217 g/mol. The van der Waals surface area contributed by atoms with Gasteiger partial charge in [0.25, 0.3) is 0 Å². The lowest BCUT2D eigenvalue weighted by molar-refractivity contribution is -0.133. The summed E-state index contributed by atoms with van der Waals surface area (Å²) in [6, 6.07) is 6.59. The van der Waals surface area contributed by atoms with E-state index in [-0.39, 0.29) is 11.6 Å². The van der Waals surface area contributed by atoms with Gasteiger partial charge in [0.2, 0.25) is 0 Å². The molecule has 0 saturated carbocycles. The van der Waals surface area contributed by atoms with E-state index in [0.29, 0.717) is 13.0 Å². The lowest BCUT2D eigenvalue weighted by Crippen LogP contribution is -2.53. The minimum absolute atomic E-state index is 0.219. The van der Waals surface area contributed by atoms with Gasteiger partial charge in [-0.25, -0.2) is 4.39 Å². The van der Waals surface area contributed by atoms with E-state index < -0.39 is 5.54 Å². The average Bonchev–Trinajstić information content (AvgIpc) is 2.25. The molecule has 1 aliphatic heterocycles. The molecule has 0 aromatic heterocycles. The van der Waals surface area contributed by atoms with Gasteiger partial charge in [0, 0.05) is 13.0 Å². The van der Waals surface area contributed by atoms with E-state index >= 15 is 0 Å². The van der Waals surface area contributed by atoms with Crippen LogP contribution in [0.1, 0.15) is 32.3 Å². The summed E-state index contributed by atoms with van der Waals surface area (Å²) >= 11 is 0. The lowest BCUT2D eigenvalue weighted by atomic mass is 9.88. The maximum atomic E-state index is 13.1. The van der Waals surface area contributed by atoms with Gasteiger partial charge in [-0.05, 0) is 44.5 Å². The molecule has 3 heteroatoms. The van der Waals surface area contributed by atoms with E-state index in [9.17, 15) is 9.18 Å². The second kappa shape index (κ2) is 4.57. The zero-order valence-electron chi connectivity index (χ0n) is 10.4. The van der Waals surface area contributed by atoms with Gasteiger partial charge in [0.05, 0.1) is 5.54 Å². The molecule has 0 bridgehead atoms. The van der Waals surface area contributed by atoms with E-state index in [0.717, 1.165) is 18.5 Å². The third kappa shape index (κ3) is 2.55. The number of ketones is 1. The second-order valence-corrected chi connectivity index (χ2v) is 5.14. The first-order valence-corrected chi connectivity index (χ1v) is 6.03. The molecule has 2 nitrogen and oxygen atoms in total. The lowest BCUT2D eigenvalue weighted by Gasteiger charge is -2.41. The van der Waals surface area contributed by atoms with Gasteiger partial charge in [-0.2, -0.15) is 0 Å². The zero-order valence-corrected chi connectivity index (χ0v) is 10.4. The zero-order chi connectivity index (χ0) is 12.5. The summed E-state index contributed by atoms with van der Waals surface area (Å²) in [6.07, 6.45) is 1.56. The molecule has 1 fully saturated rings. The molecule has 0 N–H and O–H groups in total. The normalized spacial score (nSPS) is 20.5. The van der Waals surface area contributed by atoms with E-state index in [1.807, 2.05) is 19.9 Å². The van der Waals surface area contributed by atoms with Crippen molar-refractivity contribution in [2.24, 2.45) is 0 Å². The number of halogens is 1. The van der Waals surface area contributed by atoms with Crippen molar-refractivity contribution in [1.82, 2.24) is 4.90 Å². The Hall–Kier alpha value is -1.22.